The highest BCUT2D eigenvalue weighted by Crippen LogP contribution is 2.38. The fourth-order valence-corrected chi connectivity index (χ4v) is 2.92. The number of halogens is 4. The summed E-state index contributed by atoms with van der Waals surface area (Å²) in [6.07, 6.45) is -4.12. The van der Waals surface area contributed by atoms with E-state index in [1.807, 2.05) is 0 Å². The Balaban J connectivity index is 2.09. The zero-order valence-electron chi connectivity index (χ0n) is 13.8. The Kier molecular flexibility index (Phi) is 5.01. The molecular formula is C18H10F4N4O2. The van der Waals surface area contributed by atoms with Gasteiger partial charge in [0.2, 0.25) is 0 Å². The molecule has 0 amide bonds. The van der Waals surface area contributed by atoms with Gasteiger partial charge < -0.3 is 10.2 Å². The molecule has 0 saturated heterocycles. The minimum Gasteiger partial charge on any atom is -0.387 e. The van der Waals surface area contributed by atoms with Crippen molar-refractivity contribution in [2.24, 2.45) is 11.0 Å². The van der Waals surface area contributed by atoms with Gasteiger partial charge >= 0.3 is 0 Å². The van der Waals surface area contributed by atoms with Gasteiger partial charge in [0.1, 0.15) is 23.4 Å². The van der Waals surface area contributed by atoms with Gasteiger partial charge in [0, 0.05) is 0 Å². The van der Waals surface area contributed by atoms with Gasteiger partial charge in [0.05, 0.1) is 23.3 Å². The van der Waals surface area contributed by atoms with E-state index in [1.54, 1.807) is 24.3 Å². The summed E-state index contributed by atoms with van der Waals surface area (Å²) in [5, 5.41) is 43.5. The predicted octanol–water partition coefficient (Wildman–Crippen LogP) is 2.48. The summed E-state index contributed by atoms with van der Waals surface area (Å²) in [5.74, 6) is -9.67. The van der Waals surface area contributed by atoms with Crippen LogP contribution in [0.15, 0.2) is 35.4 Å². The first-order chi connectivity index (χ1) is 13.3. The minimum absolute atomic E-state index is 0.301. The van der Waals surface area contributed by atoms with Gasteiger partial charge in [-0.2, -0.15) is 15.6 Å². The molecule has 1 aliphatic heterocycles. The van der Waals surface area contributed by atoms with E-state index in [0.717, 1.165) is 11.1 Å². The van der Waals surface area contributed by atoms with Crippen molar-refractivity contribution in [2.75, 3.05) is 5.01 Å². The van der Waals surface area contributed by atoms with Gasteiger partial charge in [-0.05, 0) is 12.1 Å². The SMILES string of the molecule is N#CC1=NN(c2ccccc2)C(O)C1C(O)c1c(F)c(F)c(C#N)c(F)c1F. The molecule has 0 aliphatic carbocycles. The van der Waals surface area contributed by atoms with Crippen LogP contribution in [0.5, 0.6) is 0 Å². The van der Waals surface area contributed by atoms with Gasteiger partial charge in [0.25, 0.3) is 0 Å². The van der Waals surface area contributed by atoms with Gasteiger partial charge in [-0.25, -0.2) is 22.6 Å². The highest BCUT2D eigenvalue weighted by Gasteiger charge is 2.45. The number of hydrazone groups is 1. The Morgan fingerprint density at radius 2 is 1.54 bits per heavy atom. The average Bonchev–Trinajstić information content (AvgIpc) is 3.04. The van der Waals surface area contributed by atoms with Gasteiger partial charge in [-0.15, -0.1) is 0 Å². The number of nitrogens with zero attached hydrogens (tertiary/aromatic N) is 4. The molecule has 0 saturated carbocycles. The topological polar surface area (TPSA) is 104 Å². The molecule has 0 spiro atoms. The summed E-state index contributed by atoms with van der Waals surface area (Å²) in [5.41, 5.74) is -3.14. The molecule has 0 aromatic heterocycles. The standard InChI is InChI=1S/C18H10F4N4O2/c19-13-9(6-23)14(20)16(22)12(15(13)21)17(27)11-10(7-24)25-26(18(11)28)8-4-2-1-3-5-8/h1-5,11,17-18,27-28H. The molecule has 0 bridgehead atoms. The van der Waals surface area contributed by atoms with Crippen LogP contribution in [0.2, 0.25) is 0 Å². The van der Waals surface area contributed by atoms with Crippen LogP contribution in [0.25, 0.3) is 0 Å². The Hall–Kier alpha value is -3.47. The lowest BCUT2D eigenvalue weighted by atomic mass is 9.89. The maximum Gasteiger partial charge on any atom is 0.180 e. The van der Waals surface area contributed by atoms with Crippen LogP contribution in [0, 0.1) is 51.8 Å². The van der Waals surface area contributed by atoms with E-state index < -0.39 is 58.4 Å². The summed E-state index contributed by atoms with van der Waals surface area (Å²) < 4.78 is 56.3. The van der Waals surface area contributed by atoms with Gasteiger partial charge in [0.15, 0.2) is 29.5 Å². The quantitative estimate of drug-likeness (QED) is 0.619. The third-order valence-corrected chi connectivity index (χ3v) is 4.28. The number of benzene rings is 2. The molecule has 28 heavy (non-hydrogen) atoms. The first-order valence-corrected chi connectivity index (χ1v) is 7.78. The van der Waals surface area contributed by atoms with Crippen molar-refractivity contribution in [3.8, 4) is 12.1 Å². The molecule has 142 valence electrons. The number of hydrogen-bond acceptors (Lipinski definition) is 6. The maximum absolute atomic E-state index is 14.3. The van der Waals surface area contributed by atoms with Crippen molar-refractivity contribution in [3.05, 3.63) is 64.7 Å². The molecular weight excluding hydrogens is 380 g/mol. The van der Waals surface area contributed by atoms with Crippen LogP contribution in [0.4, 0.5) is 23.2 Å². The van der Waals surface area contributed by atoms with E-state index in [4.69, 9.17) is 5.26 Å². The minimum atomic E-state index is -2.36. The molecule has 2 aromatic carbocycles. The largest absolute Gasteiger partial charge is 0.387 e. The van der Waals surface area contributed by atoms with Crippen LogP contribution in [-0.4, -0.2) is 22.2 Å². The van der Waals surface area contributed by atoms with E-state index in [-0.39, 0.29) is 0 Å². The summed E-state index contributed by atoms with van der Waals surface area (Å²) in [6, 6.07) is 10.5. The molecule has 1 heterocycles. The van der Waals surface area contributed by atoms with Crippen LogP contribution < -0.4 is 5.01 Å². The molecule has 3 unspecified atom stereocenters. The number of hydrogen-bond donors (Lipinski definition) is 2. The second kappa shape index (κ2) is 7.27. The average molecular weight is 390 g/mol. The van der Waals surface area contributed by atoms with Crippen molar-refractivity contribution in [1.82, 2.24) is 0 Å². The summed E-state index contributed by atoms with van der Waals surface area (Å²) in [6.45, 7) is 0. The third-order valence-electron chi connectivity index (χ3n) is 4.28. The molecule has 0 fully saturated rings. The predicted molar refractivity (Wildman–Crippen MR) is 87.4 cm³/mol. The van der Waals surface area contributed by atoms with Crippen LogP contribution in [-0.2, 0) is 0 Å². The Morgan fingerprint density at radius 3 is 2.04 bits per heavy atom. The third kappa shape index (κ3) is 2.85. The summed E-state index contributed by atoms with van der Waals surface area (Å²) in [4.78, 5) is 0. The maximum atomic E-state index is 14.3. The Morgan fingerprint density at radius 1 is 0.964 bits per heavy atom. The second-order valence-electron chi connectivity index (χ2n) is 5.82. The molecule has 1 aliphatic rings. The van der Waals surface area contributed by atoms with Crippen LogP contribution in [0.3, 0.4) is 0 Å². The lowest BCUT2D eigenvalue weighted by Gasteiger charge is -2.26. The van der Waals surface area contributed by atoms with E-state index in [9.17, 15) is 33.0 Å². The lowest BCUT2D eigenvalue weighted by Crippen LogP contribution is -2.37. The monoisotopic (exact) mass is 390 g/mol. The van der Waals surface area contributed by atoms with Crippen LogP contribution >= 0.6 is 0 Å². The number of anilines is 1. The molecule has 2 aromatic rings. The molecule has 3 rings (SSSR count). The van der Waals surface area contributed by atoms with Crippen molar-refractivity contribution in [2.45, 2.75) is 12.3 Å². The normalized spacial score (nSPS) is 19.7. The van der Waals surface area contributed by atoms with E-state index in [0.29, 0.717) is 5.69 Å². The van der Waals surface area contributed by atoms with Gasteiger partial charge in [-0.3, -0.25) is 0 Å². The molecule has 6 nitrogen and oxygen atoms in total. The number of aliphatic hydroxyl groups is 2. The molecule has 2 N–H and O–H groups in total. The van der Waals surface area contributed by atoms with E-state index in [1.165, 1.54) is 12.1 Å². The van der Waals surface area contributed by atoms with Crippen molar-refractivity contribution < 1.29 is 27.8 Å². The first kappa shape index (κ1) is 19.3. The number of para-hydroxylation sites is 1. The van der Waals surface area contributed by atoms with Crippen molar-refractivity contribution in [1.29, 1.82) is 10.5 Å². The zero-order valence-corrected chi connectivity index (χ0v) is 13.8. The zero-order chi connectivity index (χ0) is 20.6. The molecule has 10 heteroatoms. The number of rotatable bonds is 3. The molecule has 0 radical (unpaired) electrons. The highest BCUT2D eigenvalue weighted by atomic mass is 19.2. The lowest BCUT2D eigenvalue weighted by molar-refractivity contribution is 0.0485. The fraction of sp³-hybridized carbons (Fsp3) is 0.167. The fourth-order valence-electron chi connectivity index (χ4n) is 2.92. The number of aliphatic hydroxyl groups excluding tert-OH is 2. The number of nitriles is 2. The highest BCUT2D eigenvalue weighted by molar-refractivity contribution is 6.03. The molecule has 3 atom stereocenters. The van der Waals surface area contributed by atoms with Crippen molar-refractivity contribution >= 4 is 11.4 Å². The second-order valence-corrected chi connectivity index (χ2v) is 5.82. The van der Waals surface area contributed by atoms with Crippen molar-refractivity contribution in [3.63, 3.8) is 0 Å². The Labute approximate surface area is 155 Å². The van der Waals surface area contributed by atoms with Gasteiger partial charge in [-0.1, -0.05) is 18.2 Å². The Bertz CT molecular complexity index is 1020. The summed E-state index contributed by atoms with van der Waals surface area (Å²) in [7, 11) is 0. The van der Waals surface area contributed by atoms with E-state index >= 15 is 0 Å². The van der Waals surface area contributed by atoms with Crippen LogP contribution in [0.1, 0.15) is 17.2 Å². The smallest absolute Gasteiger partial charge is 0.180 e. The summed E-state index contributed by atoms with van der Waals surface area (Å²) >= 11 is 0. The van der Waals surface area contributed by atoms with E-state index in [2.05, 4.69) is 5.10 Å². The first-order valence-electron chi connectivity index (χ1n) is 7.78.